The van der Waals surface area contributed by atoms with Crippen molar-refractivity contribution in [1.82, 2.24) is 15.3 Å². The van der Waals surface area contributed by atoms with Crippen LogP contribution in [0.3, 0.4) is 0 Å². The number of nitrogens with one attached hydrogen (secondary N) is 1. The maximum atomic E-state index is 12.9. The van der Waals surface area contributed by atoms with Crippen molar-refractivity contribution in [2.24, 2.45) is 0 Å². The summed E-state index contributed by atoms with van der Waals surface area (Å²) in [5.41, 5.74) is 1.84. The fraction of sp³-hybridized carbons (Fsp3) is 0.429. The topological polar surface area (TPSA) is 37.8 Å². The number of halogens is 1. The van der Waals surface area contributed by atoms with Crippen molar-refractivity contribution in [3.8, 4) is 10.7 Å². The third-order valence-corrected chi connectivity index (χ3v) is 3.89. The average Bonchev–Trinajstić information content (AvgIpc) is 2.83. The van der Waals surface area contributed by atoms with E-state index in [-0.39, 0.29) is 5.82 Å². The molecule has 1 N–H and O–H groups in total. The molecule has 0 aromatic carbocycles. The van der Waals surface area contributed by atoms with Crippen LogP contribution in [0.15, 0.2) is 18.3 Å². The van der Waals surface area contributed by atoms with E-state index in [4.69, 9.17) is 0 Å². The quantitative estimate of drug-likeness (QED) is 0.823. The summed E-state index contributed by atoms with van der Waals surface area (Å²) >= 11 is 1.63. The van der Waals surface area contributed by atoms with Gasteiger partial charge in [-0.15, -0.1) is 11.3 Å². The van der Waals surface area contributed by atoms with E-state index in [2.05, 4.69) is 29.1 Å². The number of aromatic nitrogens is 2. The normalized spacial score (nSPS) is 10.9. The highest BCUT2D eigenvalue weighted by Crippen LogP contribution is 2.27. The van der Waals surface area contributed by atoms with Gasteiger partial charge in [-0.05, 0) is 31.5 Å². The van der Waals surface area contributed by atoms with E-state index >= 15 is 0 Å². The first-order valence-corrected chi connectivity index (χ1v) is 7.37. The summed E-state index contributed by atoms with van der Waals surface area (Å²) in [5.74, 6) is -0.319. The molecule has 0 aliphatic heterocycles. The highest BCUT2D eigenvalue weighted by molar-refractivity contribution is 7.15. The van der Waals surface area contributed by atoms with E-state index in [1.54, 1.807) is 17.4 Å². The minimum Gasteiger partial charge on any atom is -0.312 e. The second-order valence-electron chi connectivity index (χ2n) is 4.28. The molecule has 0 fully saturated rings. The standard InChI is InChI=1S/C14H18FN3S/c1-3-7-16-9-13-11(4-2)18-14(19-13)12-6-5-10(15)8-17-12/h5-6,8,16H,3-4,7,9H2,1-2H3. The van der Waals surface area contributed by atoms with Crippen LogP contribution in [0.5, 0.6) is 0 Å². The lowest BCUT2D eigenvalue weighted by Gasteiger charge is -2.01. The Morgan fingerprint density at radius 1 is 1.32 bits per heavy atom. The highest BCUT2D eigenvalue weighted by Gasteiger charge is 2.11. The van der Waals surface area contributed by atoms with Gasteiger partial charge in [0.2, 0.25) is 0 Å². The molecule has 0 aliphatic carbocycles. The molecule has 102 valence electrons. The molecule has 0 radical (unpaired) electrons. The predicted molar refractivity (Wildman–Crippen MR) is 76.7 cm³/mol. The average molecular weight is 279 g/mol. The fourth-order valence-corrected chi connectivity index (χ4v) is 2.88. The molecule has 0 saturated carbocycles. The number of hydrogen-bond donors (Lipinski definition) is 1. The molecule has 0 saturated heterocycles. The zero-order valence-corrected chi connectivity index (χ0v) is 12.1. The Morgan fingerprint density at radius 2 is 2.16 bits per heavy atom. The summed E-state index contributed by atoms with van der Waals surface area (Å²) in [6.07, 6.45) is 3.25. The zero-order valence-electron chi connectivity index (χ0n) is 11.2. The van der Waals surface area contributed by atoms with Crippen LogP contribution in [-0.4, -0.2) is 16.5 Å². The molecule has 0 aliphatic rings. The summed E-state index contributed by atoms with van der Waals surface area (Å²) < 4.78 is 12.9. The first-order valence-electron chi connectivity index (χ1n) is 6.55. The second kappa shape index (κ2) is 6.73. The SMILES string of the molecule is CCCNCc1sc(-c2ccc(F)cn2)nc1CC. The number of aryl methyl sites for hydroxylation is 1. The molecule has 0 amide bonds. The Hall–Kier alpha value is -1.33. The smallest absolute Gasteiger partial charge is 0.142 e. The third kappa shape index (κ3) is 3.58. The van der Waals surface area contributed by atoms with Gasteiger partial charge in [0, 0.05) is 11.4 Å². The molecule has 5 heteroatoms. The molecule has 0 atom stereocenters. The lowest BCUT2D eigenvalue weighted by molar-refractivity contribution is 0.622. The van der Waals surface area contributed by atoms with Crippen LogP contribution >= 0.6 is 11.3 Å². The van der Waals surface area contributed by atoms with Crippen LogP contribution in [0.25, 0.3) is 10.7 Å². The minimum atomic E-state index is -0.319. The molecule has 2 aromatic heterocycles. The lowest BCUT2D eigenvalue weighted by atomic mass is 10.3. The van der Waals surface area contributed by atoms with E-state index in [0.29, 0.717) is 0 Å². The van der Waals surface area contributed by atoms with Gasteiger partial charge in [0.15, 0.2) is 0 Å². The minimum absolute atomic E-state index is 0.319. The number of pyridine rings is 1. The summed E-state index contributed by atoms with van der Waals surface area (Å²) in [6.45, 7) is 6.09. The van der Waals surface area contributed by atoms with Crippen LogP contribution in [0.1, 0.15) is 30.8 Å². The molecule has 2 rings (SSSR count). The van der Waals surface area contributed by atoms with Gasteiger partial charge in [-0.25, -0.2) is 9.37 Å². The number of hydrogen-bond acceptors (Lipinski definition) is 4. The number of thiazole rings is 1. The van der Waals surface area contributed by atoms with E-state index < -0.39 is 0 Å². The first-order chi connectivity index (χ1) is 9.24. The van der Waals surface area contributed by atoms with E-state index in [9.17, 15) is 4.39 Å². The lowest BCUT2D eigenvalue weighted by Crippen LogP contribution is -2.13. The largest absolute Gasteiger partial charge is 0.312 e. The van der Waals surface area contributed by atoms with Crippen molar-refractivity contribution in [1.29, 1.82) is 0 Å². The fourth-order valence-electron chi connectivity index (χ4n) is 1.79. The number of nitrogens with zero attached hydrogens (tertiary/aromatic N) is 2. The summed E-state index contributed by atoms with van der Waals surface area (Å²) in [6, 6.07) is 3.10. The van der Waals surface area contributed by atoms with Crippen molar-refractivity contribution in [3.63, 3.8) is 0 Å². The van der Waals surface area contributed by atoms with Crippen LogP contribution in [0, 0.1) is 5.82 Å². The van der Waals surface area contributed by atoms with Crippen LogP contribution in [-0.2, 0) is 13.0 Å². The Balaban J connectivity index is 2.20. The van der Waals surface area contributed by atoms with E-state index in [1.807, 2.05) is 0 Å². The van der Waals surface area contributed by atoms with E-state index in [0.717, 1.165) is 42.3 Å². The van der Waals surface area contributed by atoms with Gasteiger partial charge in [0.25, 0.3) is 0 Å². The summed E-state index contributed by atoms with van der Waals surface area (Å²) in [7, 11) is 0. The van der Waals surface area contributed by atoms with Crippen molar-refractivity contribution in [3.05, 3.63) is 34.7 Å². The van der Waals surface area contributed by atoms with Crippen LogP contribution in [0.4, 0.5) is 4.39 Å². The van der Waals surface area contributed by atoms with Gasteiger partial charge >= 0.3 is 0 Å². The molecule has 0 spiro atoms. The molecule has 0 unspecified atom stereocenters. The maximum absolute atomic E-state index is 12.9. The second-order valence-corrected chi connectivity index (χ2v) is 5.36. The Kier molecular flexibility index (Phi) is 4.99. The van der Waals surface area contributed by atoms with Gasteiger partial charge < -0.3 is 5.32 Å². The highest BCUT2D eigenvalue weighted by atomic mass is 32.1. The van der Waals surface area contributed by atoms with Crippen LogP contribution < -0.4 is 5.32 Å². The van der Waals surface area contributed by atoms with Crippen molar-refractivity contribution in [2.45, 2.75) is 33.2 Å². The summed E-state index contributed by atoms with van der Waals surface area (Å²) in [5, 5.41) is 4.26. The third-order valence-electron chi connectivity index (χ3n) is 2.77. The Labute approximate surface area is 116 Å². The van der Waals surface area contributed by atoms with Gasteiger partial charge in [-0.2, -0.15) is 0 Å². The van der Waals surface area contributed by atoms with Gasteiger partial charge in [0.1, 0.15) is 10.8 Å². The molecule has 19 heavy (non-hydrogen) atoms. The first kappa shape index (κ1) is 14.1. The molecule has 2 aromatic rings. The molecular formula is C14H18FN3S. The maximum Gasteiger partial charge on any atom is 0.142 e. The molecular weight excluding hydrogens is 261 g/mol. The monoisotopic (exact) mass is 279 g/mol. The van der Waals surface area contributed by atoms with Gasteiger partial charge in [-0.1, -0.05) is 13.8 Å². The molecule has 3 nitrogen and oxygen atoms in total. The van der Waals surface area contributed by atoms with Crippen molar-refractivity contribution < 1.29 is 4.39 Å². The number of rotatable bonds is 6. The summed E-state index contributed by atoms with van der Waals surface area (Å²) in [4.78, 5) is 9.93. The van der Waals surface area contributed by atoms with E-state index in [1.165, 1.54) is 17.1 Å². The van der Waals surface area contributed by atoms with Crippen molar-refractivity contribution in [2.75, 3.05) is 6.54 Å². The molecule has 2 heterocycles. The predicted octanol–water partition coefficient (Wildman–Crippen LogP) is 3.41. The van der Waals surface area contributed by atoms with Gasteiger partial charge in [-0.3, -0.25) is 4.98 Å². The molecule has 0 bridgehead atoms. The Bertz CT molecular complexity index is 522. The zero-order chi connectivity index (χ0) is 13.7. The van der Waals surface area contributed by atoms with Crippen molar-refractivity contribution >= 4 is 11.3 Å². The van der Waals surface area contributed by atoms with Gasteiger partial charge in [0.05, 0.1) is 17.6 Å². The van der Waals surface area contributed by atoms with Crippen LogP contribution in [0.2, 0.25) is 0 Å². The Morgan fingerprint density at radius 3 is 2.79 bits per heavy atom.